The summed E-state index contributed by atoms with van der Waals surface area (Å²) in [5.41, 5.74) is 8.14. The molecular weight excluding hydrogens is 302 g/mol. The summed E-state index contributed by atoms with van der Waals surface area (Å²) in [4.78, 5) is 8.36. The van der Waals surface area contributed by atoms with Gasteiger partial charge in [0.05, 0.1) is 0 Å². The summed E-state index contributed by atoms with van der Waals surface area (Å²) in [6.45, 7) is 6.69. The molecule has 0 aromatic carbocycles. The third-order valence-corrected chi connectivity index (χ3v) is 3.33. The summed E-state index contributed by atoms with van der Waals surface area (Å²) in [6.07, 6.45) is 8.09. The van der Waals surface area contributed by atoms with Crippen molar-refractivity contribution in [3.05, 3.63) is 48.7 Å². The lowest BCUT2D eigenvalue weighted by molar-refractivity contribution is 0.730. The van der Waals surface area contributed by atoms with Crippen LogP contribution in [0, 0.1) is 0 Å². The molecule has 128 valence electrons. The number of pyridine rings is 1. The van der Waals surface area contributed by atoms with Gasteiger partial charge in [0.15, 0.2) is 5.82 Å². The van der Waals surface area contributed by atoms with Crippen LogP contribution >= 0.6 is 0 Å². The molecule has 3 aromatic rings. The quantitative estimate of drug-likeness (QED) is 0.643. The summed E-state index contributed by atoms with van der Waals surface area (Å²) in [7, 11) is 0. The maximum Gasteiger partial charge on any atom is 0.158 e. The summed E-state index contributed by atoms with van der Waals surface area (Å²) < 4.78 is 1.84. The van der Waals surface area contributed by atoms with Gasteiger partial charge in [-0.05, 0) is 43.3 Å². The smallest absolute Gasteiger partial charge is 0.158 e. The van der Waals surface area contributed by atoms with Gasteiger partial charge < -0.3 is 16.4 Å². The molecule has 0 spiro atoms. The second-order valence-corrected chi connectivity index (χ2v) is 5.17. The molecule has 0 saturated carbocycles. The maximum absolute atomic E-state index is 5.03. The summed E-state index contributed by atoms with van der Waals surface area (Å²) in [5, 5.41) is 10.9. The molecule has 0 bridgehead atoms. The first kappa shape index (κ1) is 17.8. The minimum atomic E-state index is 0.795. The molecule has 3 heterocycles. The van der Waals surface area contributed by atoms with E-state index in [0.717, 1.165) is 43.1 Å². The van der Waals surface area contributed by atoms with Crippen LogP contribution in [0.4, 0.5) is 11.5 Å². The van der Waals surface area contributed by atoms with Crippen molar-refractivity contribution in [1.29, 1.82) is 0 Å². The van der Waals surface area contributed by atoms with Crippen molar-refractivity contribution in [2.75, 3.05) is 18.4 Å². The number of fused-ring (bicyclic) bond motifs is 1. The molecule has 0 aliphatic carbocycles. The number of anilines is 2. The van der Waals surface area contributed by atoms with Crippen molar-refractivity contribution in [1.82, 2.24) is 24.9 Å². The van der Waals surface area contributed by atoms with Crippen molar-refractivity contribution < 1.29 is 0 Å². The molecule has 0 amide bonds. The standard InChI is InChI=1S/C14H16N6.C3H9N/c1-2-15-9-11-5-8-20-13(11)14(17-10-18-20)19-12-3-6-16-7-4-12;1-2-3-4/h3-8,10,15H,2,9H2,1H3,(H,16,17,18,19);2-4H2,1H3. The highest BCUT2D eigenvalue weighted by atomic mass is 15.3. The topological polar surface area (TPSA) is 93.2 Å². The van der Waals surface area contributed by atoms with E-state index in [4.69, 9.17) is 5.73 Å². The molecule has 3 aromatic heterocycles. The van der Waals surface area contributed by atoms with E-state index in [1.54, 1.807) is 18.7 Å². The number of aromatic nitrogens is 4. The monoisotopic (exact) mass is 327 g/mol. The number of rotatable bonds is 6. The molecule has 7 nitrogen and oxygen atoms in total. The van der Waals surface area contributed by atoms with Gasteiger partial charge in [-0.2, -0.15) is 5.10 Å². The number of hydrogen-bond acceptors (Lipinski definition) is 6. The highest BCUT2D eigenvalue weighted by Gasteiger charge is 2.09. The largest absolute Gasteiger partial charge is 0.338 e. The Labute approximate surface area is 142 Å². The zero-order chi connectivity index (χ0) is 17.2. The average molecular weight is 327 g/mol. The zero-order valence-electron chi connectivity index (χ0n) is 14.2. The fourth-order valence-corrected chi connectivity index (χ4v) is 2.08. The third kappa shape index (κ3) is 4.74. The second-order valence-electron chi connectivity index (χ2n) is 5.17. The van der Waals surface area contributed by atoms with Crippen LogP contribution in [0.15, 0.2) is 43.1 Å². The van der Waals surface area contributed by atoms with Gasteiger partial charge in [-0.25, -0.2) is 9.50 Å². The molecule has 0 unspecified atom stereocenters. The van der Waals surface area contributed by atoms with Crippen molar-refractivity contribution in [3.8, 4) is 0 Å². The van der Waals surface area contributed by atoms with Crippen LogP contribution in [-0.4, -0.2) is 32.7 Å². The van der Waals surface area contributed by atoms with Gasteiger partial charge in [-0.1, -0.05) is 13.8 Å². The highest BCUT2D eigenvalue weighted by molar-refractivity contribution is 5.76. The molecule has 0 saturated heterocycles. The van der Waals surface area contributed by atoms with Gasteiger partial charge in [0.2, 0.25) is 0 Å². The van der Waals surface area contributed by atoms with Crippen molar-refractivity contribution in [2.45, 2.75) is 26.8 Å². The Bertz CT molecular complexity index is 722. The summed E-state index contributed by atoms with van der Waals surface area (Å²) >= 11 is 0. The van der Waals surface area contributed by atoms with Crippen molar-refractivity contribution in [2.24, 2.45) is 5.73 Å². The van der Waals surface area contributed by atoms with E-state index in [-0.39, 0.29) is 0 Å². The first-order chi connectivity index (χ1) is 11.8. The Kier molecular flexibility index (Phi) is 7.13. The fourth-order valence-electron chi connectivity index (χ4n) is 2.08. The summed E-state index contributed by atoms with van der Waals surface area (Å²) in [5.74, 6) is 0.795. The molecule has 0 fully saturated rings. The Hall–Kier alpha value is -2.51. The SMILES string of the molecule is CCCN.CCNCc1ccn2ncnc(Nc3ccncc3)c12. The van der Waals surface area contributed by atoms with Crippen LogP contribution in [0.1, 0.15) is 25.8 Å². The number of nitrogens with one attached hydrogen (secondary N) is 2. The molecule has 24 heavy (non-hydrogen) atoms. The average Bonchev–Trinajstić information content (AvgIpc) is 3.05. The van der Waals surface area contributed by atoms with E-state index < -0.39 is 0 Å². The molecule has 7 heteroatoms. The first-order valence-corrected chi connectivity index (χ1v) is 8.19. The van der Waals surface area contributed by atoms with Gasteiger partial charge in [0.25, 0.3) is 0 Å². The molecule has 0 radical (unpaired) electrons. The van der Waals surface area contributed by atoms with Gasteiger partial charge in [0.1, 0.15) is 11.8 Å². The molecule has 0 aliphatic rings. The number of hydrogen-bond donors (Lipinski definition) is 3. The molecule has 3 rings (SSSR count). The van der Waals surface area contributed by atoms with E-state index in [1.165, 1.54) is 5.56 Å². The first-order valence-electron chi connectivity index (χ1n) is 8.19. The van der Waals surface area contributed by atoms with Crippen molar-refractivity contribution >= 4 is 17.0 Å². The van der Waals surface area contributed by atoms with Crippen LogP contribution < -0.4 is 16.4 Å². The minimum Gasteiger partial charge on any atom is -0.338 e. The predicted octanol–water partition coefficient (Wildman–Crippen LogP) is 2.33. The Morgan fingerprint density at radius 3 is 2.58 bits per heavy atom. The minimum absolute atomic E-state index is 0.795. The van der Waals surface area contributed by atoms with Crippen LogP contribution in [0.2, 0.25) is 0 Å². The van der Waals surface area contributed by atoms with E-state index in [9.17, 15) is 0 Å². The Morgan fingerprint density at radius 1 is 1.17 bits per heavy atom. The van der Waals surface area contributed by atoms with Crippen LogP contribution in [0.25, 0.3) is 5.52 Å². The number of nitrogens with zero attached hydrogens (tertiary/aromatic N) is 4. The van der Waals surface area contributed by atoms with Crippen LogP contribution in [0.3, 0.4) is 0 Å². The van der Waals surface area contributed by atoms with Crippen molar-refractivity contribution in [3.63, 3.8) is 0 Å². The lowest BCUT2D eigenvalue weighted by Crippen LogP contribution is -2.12. The second kappa shape index (κ2) is 9.59. The highest BCUT2D eigenvalue weighted by Crippen LogP contribution is 2.22. The van der Waals surface area contributed by atoms with Gasteiger partial charge in [0, 0.05) is 30.8 Å². The van der Waals surface area contributed by atoms with Gasteiger partial charge >= 0.3 is 0 Å². The molecule has 0 aliphatic heterocycles. The number of nitrogens with two attached hydrogens (primary N) is 1. The molecular formula is C17H25N7. The van der Waals surface area contributed by atoms with Crippen LogP contribution in [-0.2, 0) is 6.54 Å². The van der Waals surface area contributed by atoms with E-state index >= 15 is 0 Å². The maximum atomic E-state index is 5.03. The van der Waals surface area contributed by atoms with E-state index in [1.807, 2.05) is 22.8 Å². The molecule has 4 N–H and O–H groups in total. The van der Waals surface area contributed by atoms with Gasteiger partial charge in [-0.3, -0.25) is 4.98 Å². The third-order valence-electron chi connectivity index (χ3n) is 3.33. The normalized spacial score (nSPS) is 10.3. The van der Waals surface area contributed by atoms with E-state index in [2.05, 4.69) is 45.6 Å². The Morgan fingerprint density at radius 2 is 1.92 bits per heavy atom. The lowest BCUT2D eigenvalue weighted by Gasteiger charge is -2.08. The van der Waals surface area contributed by atoms with Crippen LogP contribution in [0.5, 0.6) is 0 Å². The summed E-state index contributed by atoms with van der Waals surface area (Å²) in [6, 6.07) is 5.88. The predicted molar refractivity (Wildman–Crippen MR) is 97.2 cm³/mol. The van der Waals surface area contributed by atoms with Gasteiger partial charge in [-0.15, -0.1) is 0 Å². The zero-order valence-corrected chi connectivity index (χ0v) is 14.2. The molecule has 0 atom stereocenters. The fraction of sp³-hybridized carbons (Fsp3) is 0.353. The Balaban J connectivity index is 0.000000471. The lowest BCUT2D eigenvalue weighted by atomic mass is 10.2. The van der Waals surface area contributed by atoms with E-state index in [0.29, 0.717) is 0 Å².